The minimum atomic E-state index is -0.120. The van der Waals surface area contributed by atoms with Crippen LogP contribution in [0, 0.1) is 12.8 Å². The van der Waals surface area contributed by atoms with Crippen molar-refractivity contribution in [2.75, 3.05) is 0 Å². The molecule has 0 amide bonds. The zero-order valence-electron chi connectivity index (χ0n) is 9.72. The topological polar surface area (TPSA) is 48.4 Å². The summed E-state index contributed by atoms with van der Waals surface area (Å²) in [6.07, 6.45) is 3.33. The van der Waals surface area contributed by atoms with E-state index in [-0.39, 0.29) is 18.0 Å². The maximum Gasteiger partial charge on any atom is 0.312 e. The van der Waals surface area contributed by atoms with Crippen molar-refractivity contribution in [2.45, 2.75) is 45.0 Å². The molecule has 3 rings (SSSR count). The smallest absolute Gasteiger partial charge is 0.312 e. The summed E-state index contributed by atoms with van der Waals surface area (Å²) in [6.45, 7) is 2.23. The quantitative estimate of drug-likeness (QED) is 0.774. The number of aromatic nitrogens is 1. The van der Waals surface area contributed by atoms with E-state index in [1.54, 1.807) is 0 Å². The number of hydrogen-bond acceptors (Lipinski definition) is 5. The molecular weight excluding hydrogens is 238 g/mol. The number of hydrogen-bond donors (Lipinski definition) is 0. The Hall–Kier alpha value is -0.940. The minimum Gasteiger partial charge on any atom is -0.458 e. The lowest BCUT2D eigenvalue weighted by atomic mass is 9.89. The molecule has 2 aliphatic heterocycles. The average Bonchev–Trinajstić information content (AvgIpc) is 3.01. The first-order valence-corrected chi connectivity index (χ1v) is 6.83. The number of rotatable bonds is 3. The highest BCUT2D eigenvalue weighted by molar-refractivity contribution is 7.09. The Morgan fingerprint density at radius 1 is 1.65 bits per heavy atom. The van der Waals surface area contributed by atoms with Crippen molar-refractivity contribution < 1.29 is 14.3 Å². The maximum absolute atomic E-state index is 11.9. The molecule has 0 aromatic carbocycles. The summed E-state index contributed by atoms with van der Waals surface area (Å²) in [5, 5.41) is 2.82. The van der Waals surface area contributed by atoms with Crippen LogP contribution in [0.5, 0.6) is 0 Å². The van der Waals surface area contributed by atoms with Gasteiger partial charge >= 0.3 is 5.97 Å². The fourth-order valence-electron chi connectivity index (χ4n) is 2.59. The predicted molar refractivity (Wildman–Crippen MR) is 62.6 cm³/mol. The van der Waals surface area contributed by atoms with E-state index in [1.165, 1.54) is 11.3 Å². The van der Waals surface area contributed by atoms with Crippen LogP contribution in [0.2, 0.25) is 0 Å². The first kappa shape index (κ1) is 11.2. The number of fused-ring (bicyclic) bond motifs is 2. The molecule has 0 radical (unpaired) electrons. The Bertz CT molecular complexity index is 431. The van der Waals surface area contributed by atoms with Gasteiger partial charge in [-0.15, -0.1) is 11.3 Å². The SMILES string of the molecule is Cc1csc(COC(=O)[C@@H]2C[C@H]3CC[C@@H]2O3)n1. The first-order valence-electron chi connectivity index (χ1n) is 5.95. The van der Waals surface area contributed by atoms with Crippen LogP contribution in [0.4, 0.5) is 0 Å². The lowest BCUT2D eigenvalue weighted by molar-refractivity contribution is -0.151. The van der Waals surface area contributed by atoms with E-state index < -0.39 is 0 Å². The van der Waals surface area contributed by atoms with E-state index in [4.69, 9.17) is 9.47 Å². The summed E-state index contributed by atoms with van der Waals surface area (Å²) in [7, 11) is 0. The fourth-order valence-corrected chi connectivity index (χ4v) is 3.28. The van der Waals surface area contributed by atoms with E-state index in [2.05, 4.69) is 4.98 Å². The second kappa shape index (κ2) is 4.38. The number of carbonyl (C=O) groups excluding carboxylic acids is 1. The maximum atomic E-state index is 11.9. The second-order valence-electron chi connectivity index (χ2n) is 4.71. The number of thiazole rings is 1. The summed E-state index contributed by atoms with van der Waals surface area (Å²) in [4.78, 5) is 16.2. The van der Waals surface area contributed by atoms with Gasteiger partial charge in [-0.3, -0.25) is 4.79 Å². The third-order valence-electron chi connectivity index (χ3n) is 3.41. The molecule has 5 heteroatoms. The van der Waals surface area contributed by atoms with Crippen LogP contribution in [0.15, 0.2) is 5.38 Å². The van der Waals surface area contributed by atoms with Gasteiger partial charge in [-0.1, -0.05) is 0 Å². The molecule has 3 heterocycles. The third kappa shape index (κ3) is 2.21. The van der Waals surface area contributed by atoms with Crippen molar-refractivity contribution in [2.24, 2.45) is 5.92 Å². The van der Waals surface area contributed by atoms with Gasteiger partial charge in [0.1, 0.15) is 11.6 Å². The monoisotopic (exact) mass is 253 g/mol. The van der Waals surface area contributed by atoms with Gasteiger partial charge in [0.2, 0.25) is 0 Å². The molecule has 2 saturated heterocycles. The van der Waals surface area contributed by atoms with E-state index >= 15 is 0 Å². The standard InChI is InChI=1S/C12H15NO3S/c1-7-6-17-11(13-7)5-15-12(14)9-4-8-2-3-10(9)16-8/h6,8-10H,2-5H2,1H3/t8-,9-,10+/m1/s1. The summed E-state index contributed by atoms with van der Waals surface area (Å²) in [6, 6.07) is 0. The van der Waals surface area contributed by atoms with Crippen molar-refractivity contribution in [3.05, 3.63) is 16.1 Å². The Labute approximate surface area is 104 Å². The zero-order chi connectivity index (χ0) is 11.8. The number of esters is 1. The summed E-state index contributed by atoms with van der Waals surface area (Å²) < 4.78 is 11.0. The van der Waals surface area contributed by atoms with Crippen LogP contribution in [-0.2, 0) is 20.9 Å². The molecule has 0 aliphatic carbocycles. The number of aryl methyl sites for hydroxylation is 1. The highest BCUT2D eigenvalue weighted by atomic mass is 32.1. The van der Waals surface area contributed by atoms with Crippen molar-refractivity contribution in [1.82, 2.24) is 4.98 Å². The van der Waals surface area contributed by atoms with Crippen molar-refractivity contribution >= 4 is 17.3 Å². The molecule has 1 aromatic rings. The highest BCUT2D eigenvalue weighted by Crippen LogP contribution is 2.39. The van der Waals surface area contributed by atoms with Crippen LogP contribution in [0.3, 0.4) is 0 Å². The van der Waals surface area contributed by atoms with E-state index in [9.17, 15) is 4.79 Å². The van der Waals surface area contributed by atoms with Crippen molar-refractivity contribution in [3.8, 4) is 0 Å². The molecule has 2 bridgehead atoms. The van der Waals surface area contributed by atoms with Gasteiger partial charge in [-0.05, 0) is 26.2 Å². The van der Waals surface area contributed by atoms with Gasteiger partial charge < -0.3 is 9.47 Å². The Morgan fingerprint density at radius 2 is 2.53 bits per heavy atom. The van der Waals surface area contributed by atoms with Gasteiger partial charge in [0.25, 0.3) is 0 Å². The molecule has 1 aromatic heterocycles. The fraction of sp³-hybridized carbons (Fsp3) is 0.667. The molecule has 4 nitrogen and oxygen atoms in total. The van der Waals surface area contributed by atoms with E-state index in [1.807, 2.05) is 12.3 Å². The molecule has 0 N–H and O–H groups in total. The van der Waals surface area contributed by atoms with Crippen LogP contribution < -0.4 is 0 Å². The van der Waals surface area contributed by atoms with Gasteiger partial charge in [0, 0.05) is 11.1 Å². The van der Waals surface area contributed by atoms with Crippen molar-refractivity contribution in [3.63, 3.8) is 0 Å². The third-order valence-corrected chi connectivity index (χ3v) is 4.35. The van der Waals surface area contributed by atoms with E-state index in [0.717, 1.165) is 30.0 Å². The molecule has 0 spiro atoms. The van der Waals surface area contributed by atoms with Crippen molar-refractivity contribution in [1.29, 1.82) is 0 Å². The molecule has 3 atom stereocenters. The molecule has 2 fully saturated rings. The van der Waals surface area contributed by atoms with Crippen LogP contribution >= 0.6 is 11.3 Å². The normalized spacial score (nSPS) is 30.8. The predicted octanol–water partition coefficient (Wildman–Crippen LogP) is 2.06. The van der Waals surface area contributed by atoms with Crippen LogP contribution in [0.25, 0.3) is 0 Å². The Kier molecular flexibility index (Phi) is 2.88. The largest absolute Gasteiger partial charge is 0.458 e. The van der Waals surface area contributed by atoms with Crippen LogP contribution in [0.1, 0.15) is 30.0 Å². The zero-order valence-corrected chi connectivity index (χ0v) is 10.5. The van der Waals surface area contributed by atoms with Gasteiger partial charge in [0.05, 0.1) is 18.1 Å². The summed E-state index contributed by atoms with van der Waals surface area (Å²) in [5.74, 6) is -0.167. The van der Waals surface area contributed by atoms with Crippen LogP contribution in [-0.4, -0.2) is 23.2 Å². The number of carbonyl (C=O) groups is 1. The second-order valence-corrected chi connectivity index (χ2v) is 5.65. The van der Waals surface area contributed by atoms with Gasteiger partial charge in [-0.2, -0.15) is 0 Å². The Morgan fingerprint density at radius 3 is 3.12 bits per heavy atom. The lowest BCUT2D eigenvalue weighted by Crippen LogP contribution is -2.27. The molecule has 17 heavy (non-hydrogen) atoms. The van der Waals surface area contributed by atoms with E-state index in [0.29, 0.717) is 12.7 Å². The van der Waals surface area contributed by atoms with Gasteiger partial charge in [0.15, 0.2) is 0 Å². The molecule has 92 valence electrons. The molecular formula is C12H15NO3S. The number of ether oxygens (including phenoxy) is 2. The highest BCUT2D eigenvalue weighted by Gasteiger charge is 2.45. The first-order chi connectivity index (χ1) is 8.22. The molecule has 0 unspecified atom stereocenters. The summed E-state index contributed by atoms with van der Waals surface area (Å²) >= 11 is 1.53. The average molecular weight is 253 g/mol. The summed E-state index contributed by atoms with van der Waals surface area (Å²) in [5.41, 5.74) is 0.976. The number of nitrogens with zero attached hydrogens (tertiary/aromatic N) is 1. The molecule has 2 aliphatic rings. The molecule has 0 saturated carbocycles. The minimum absolute atomic E-state index is 0.0465. The van der Waals surface area contributed by atoms with Gasteiger partial charge in [-0.25, -0.2) is 4.98 Å². The Balaban J connectivity index is 1.54. The lowest BCUT2D eigenvalue weighted by Gasteiger charge is -2.16.